The predicted octanol–water partition coefficient (Wildman–Crippen LogP) is 1.73. The second-order valence-electron chi connectivity index (χ2n) is 4.11. The van der Waals surface area contributed by atoms with Gasteiger partial charge in [-0.3, -0.25) is 0 Å². The molecule has 1 aromatic heterocycles. The molecule has 0 aromatic carbocycles. The van der Waals surface area contributed by atoms with E-state index in [1.165, 1.54) is 15.6 Å². The first kappa shape index (κ1) is 11.8. The Kier molecular flexibility index (Phi) is 3.14. The Bertz CT molecular complexity index is 491. The monoisotopic (exact) mass is 258 g/mol. The van der Waals surface area contributed by atoms with Crippen molar-refractivity contribution in [2.45, 2.75) is 18.9 Å². The van der Waals surface area contributed by atoms with Crippen LogP contribution in [0.15, 0.2) is 27.6 Å². The van der Waals surface area contributed by atoms with Crippen LogP contribution in [0.5, 0.6) is 0 Å². The summed E-state index contributed by atoms with van der Waals surface area (Å²) in [5, 5.41) is 1.74. The van der Waals surface area contributed by atoms with Crippen molar-refractivity contribution in [2.75, 3.05) is 13.1 Å². The number of aromatic nitrogens is 1. The van der Waals surface area contributed by atoms with Crippen LogP contribution < -0.4 is 0 Å². The maximum Gasteiger partial charge on any atom is 0.261 e. The van der Waals surface area contributed by atoms with Gasteiger partial charge in [-0.2, -0.15) is 4.31 Å². The molecule has 0 saturated carbocycles. The van der Waals surface area contributed by atoms with Crippen molar-refractivity contribution < 1.29 is 8.42 Å². The van der Waals surface area contributed by atoms with Gasteiger partial charge in [0.1, 0.15) is 0 Å². The Labute approximate surface area is 99.7 Å². The number of nitrogens with zero attached hydrogens (tertiary/aromatic N) is 2. The van der Waals surface area contributed by atoms with E-state index in [9.17, 15) is 8.42 Å². The quantitative estimate of drug-likeness (QED) is 0.759. The molecule has 1 atom stereocenters. The molecular formula is C10H14N2O2S2. The summed E-state index contributed by atoms with van der Waals surface area (Å²) in [6.07, 6.45) is 2.12. The number of rotatable bonds is 2. The fourth-order valence-corrected chi connectivity index (χ4v) is 4.29. The van der Waals surface area contributed by atoms with Crippen molar-refractivity contribution >= 4 is 21.4 Å². The van der Waals surface area contributed by atoms with E-state index in [0.29, 0.717) is 13.1 Å². The van der Waals surface area contributed by atoms with Crippen LogP contribution in [0.2, 0.25) is 0 Å². The van der Waals surface area contributed by atoms with Gasteiger partial charge in [0, 0.05) is 18.5 Å². The van der Waals surface area contributed by atoms with E-state index in [0.717, 1.165) is 5.57 Å². The average molecular weight is 258 g/mol. The Balaban J connectivity index is 2.30. The van der Waals surface area contributed by atoms with Crippen LogP contribution >= 0.6 is 11.3 Å². The summed E-state index contributed by atoms with van der Waals surface area (Å²) in [6.45, 7) is 4.99. The van der Waals surface area contributed by atoms with Gasteiger partial charge >= 0.3 is 0 Å². The van der Waals surface area contributed by atoms with E-state index in [1.54, 1.807) is 10.9 Å². The van der Waals surface area contributed by atoms with E-state index < -0.39 is 10.0 Å². The van der Waals surface area contributed by atoms with Crippen LogP contribution in [0.3, 0.4) is 0 Å². The van der Waals surface area contributed by atoms with Crippen LogP contribution in [-0.2, 0) is 10.0 Å². The molecule has 6 heteroatoms. The molecule has 2 rings (SSSR count). The van der Waals surface area contributed by atoms with Gasteiger partial charge in [-0.05, 0) is 12.8 Å². The fraction of sp³-hybridized carbons (Fsp3) is 0.500. The summed E-state index contributed by atoms with van der Waals surface area (Å²) in [5.41, 5.74) is 2.64. The molecule has 0 fully saturated rings. The Morgan fingerprint density at radius 1 is 1.56 bits per heavy atom. The molecule has 16 heavy (non-hydrogen) atoms. The summed E-state index contributed by atoms with van der Waals surface area (Å²) in [7, 11) is -3.39. The van der Waals surface area contributed by atoms with E-state index in [4.69, 9.17) is 0 Å². The summed E-state index contributed by atoms with van der Waals surface area (Å²) < 4.78 is 25.9. The number of hydrogen-bond donors (Lipinski definition) is 0. The van der Waals surface area contributed by atoms with Gasteiger partial charge in [0.2, 0.25) is 0 Å². The first-order valence-corrected chi connectivity index (χ1v) is 7.44. The molecule has 1 unspecified atom stereocenters. The lowest BCUT2D eigenvalue weighted by Crippen LogP contribution is -2.38. The van der Waals surface area contributed by atoms with Crippen LogP contribution in [0.25, 0.3) is 0 Å². The van der Waals surface area contributed by atoms with Crippen molar-refractivity contribution in [2.24, 2.45) is 5.92 Å². The third-order valence-corrected chi connectivity index (χ3v) is 4.95. The zero-order valence-corrected chi connectivity index (χ0v) is 10.9. The molecule has 0 saturated heterocycles. The van der Waals surface area contributed by atoms with Gasteiger partial charge in [0.05, 0.1) is 5.51 Å². The predicted molar refractivity (Wildman–Crippen MR) is 63.8 cm³/mol. The van der Waals surface area contributed by atoms with E-state index in [2.05, 4.69) is 11.1 Å². The molecule has 1 aliphatic heterocycles. The number of hydrogen-bond acceptors (Lipinski definition) is 4. The van der Waals surface area contributed by atoms with Gasteiger partial charge < -0.3 is 0 Å². The minimum absolute atomic E-state index is 0.166. The van der Waals surface area contributed by atoms with E-state index >= 15 is 0 Å². The van der Waals surface area contributed by atoms with Gasteiger partial charge in [-0.15, -0.1) is 11.3 Å². The highest BCUT2D eigenvalue weighted by molar-refractivity contribution is 7.89. The molecular weight excluding hydrogens is 244 g/mol. The van der Waals surface area contributed by atoms with Crippen molar-refractivity contribution in [1.29, 1.82) is 0 Å². The smallest absolute Gasteiger partial charge is 0.232 e. The van der Waals surface area contributed by atoms with Crippen LogP contribution in [0, 0.1) is 5.92 Å². The van der Waals surface area contributed by atoms with E-state index in [1.807, 2.05) is 13.8 Å². The molecule has 0 N–H and O–H groups in total. The van der Waals surface area contributed by atoms with E-state index in [-0.39, 0.29) is 10.9 Å². The molecule has 0 spiro atoms. The molecule has 2 heterocycles. The first-order valence-electron chi connectivity index (χ1n) is 5.06. The SMILES string of the molecule is CC1=CC(C)CN(S(=O)(=O)c2cscn2)C1. The fourth-order valence-electron chi connectivity index (χ4n) is 1.90. The molecule has 0 amide bonds. The van der Waals surface area contributed by atoms with Crippen molar-refractivity contribution in [3.05, 3.63) is 22.5 Å². The second-order valence-corrected chi connectivity index (χ2v) is 6.72. The van der Waals surface area contributed by atoms with Gasteiger partial charge in [-0.25, -0.2) is 13.4 Å². The molecule has 0 radical (unpaired) electrons. The molecule has 1 aliphatic rings. The Morgan fingerprint density at radius 2 is 2.31 bits per heavy atom. The van der Waals surface area contributed by atoms with Crippen molar-refractivity contribution in [1.82, 2.24) is 9.29 Å². The topological polar surface area (TPSA) is 50.3 Å². The third kappa shape index (κ3) is 2.18. The summed E-state index contributed by atoms with van der Waals surface area (Å²) in [5.74, 6) is 0.266. The maximum absolute atomic E-state index is 12.2. The van der Waals surface area contributed by atoms with Crippen molar-refractivity contribution in [3.8, 4) is 0 Å². The molecule has 88 valence electrons. The summed E-state index contributed by atoms with van der Waals surface area (Å²) >= 11 is 1.30. The third-order valence-electron chi connectivity index (χ3n) is 2.50. The molecule has 0 bridgehead atoms. The summed E-state index contributed by atoms with van der Waals surface area (Å²) in [4.78, 5) is 3.88. The maximum atomic E-state index is 12.2. The van der Waals surface area contributed by atoms with Gasteiger partial charge in [0.25, 0.3) is 10.0 Å². The van der Waals surface area contributed by atoms with Gasteiger partial charge in [0.15, 0.2) is 5.03 Å². The normalized spacial score (nSPS) is 23.1. The van der Waals surface area contributed by atoms with Crippen LogP contribution in [-0.4, -0.2) is 30.8 Å². The number of sulfonamides is 1. The first-order chi connectivity index (χ1) is 7.50. The second kappa shape index (κ2) is 4.27. The largest absolute Gasteiger partial charge is 0.261 e. The minimum atomic E-state index is -3.39. The van der Waals surface area contributed by atoms with Gasteiger partial charge in [-0.1, -0.05) is 18.6 Å². The molecule has 1 aromatic rings. The zero-order valence-electron chi connectivity index (χ0n) is 9.25. The van der Waals surface area contributed by atoms with Crippen molar-refractivity contribution in [3.63, 3.8) is 0 Å². The lowest BCUT2D eigenvalue weighted by molar-refractivity contribution is 0.383. The average Bonchev–Trinajstić information content (AvgIpc) is 2.69. The standard InChI is InChI=1S/C10H14N2O2S2/c1-8-3-9(2)5-12(4-8)16(13,14)10-6-15-7-11-10/h3,6-8H,4-5H2,1-2H3. The highest BCUT2D eigenvalue weighted by atomic mass is 32.2. The Morgan fingerprint density at radius 3 is 2.88 bits per heavy atom. The van der Waals surface area contributed by atoms with Crippen LogP contribution in [0.4, 0.5) is 0 Å². The number of thiazole rings is 1. The lowest BCUT2D eigenvalue weighted by Gasteiger charge is -2.28. The molecule has 0 aliphatic carbocycles. The molecule has 4 nitrogen and oxygen atoms in total. The highest BCUT2D eigenvalue weighted by Gasteiger charge is 2.29. The highest BCUT2D eigenvalue weighted by Crippen LogP contribution is 2.22. The van der Waals surface area contributed by atoms with Crippen LogP contribution in [0.1, 0.15) is 13.8 Å². The lowest BCUT2D eigenvalue weighted by atomic mass is 10.1. The summed E-state index contributed by atoms with van der Waals surface area (Å²) in [6, 6.07) is 0. The zero-order chi connectivity index (χ0) is 11.8. The Hall–Kier alpha value is -0.720. The minimum Gasteiger partial charge on any atom is -0.232 e.